The molecule has 28 heavy (non-hydrogen) atoms. The van der Waals surface area contributed by atoms with Crippen molar-refractivity contribution in [3.05, 3.63) is 59.7 Å². The average Bonchev–Trinajstić information content (AvgIpc) is 2.72. The number of amides is 1. The number of carbonyl (C=O) groups is 2. The van der Waals surface area contributed by atoms with Crippen LogP contribution in [0.15, 0.2) is 48.5 Å². The lowest BCUT2D eigenvalue weighted by atomic mass is 10.1. The molecule has 2 rings (SSSR count). The molecular weight excluding hydrogens is 360 g/mol. The number of rotatable bonds is 8. The molecule has 0 fully saturated rings. The summed E-state index contributed by atoms with van der Waals surface area (Å²) in [7, 11) is 3.29. The number of esters is 1. The fourth-order valence-electron chi connectivity index (χ4n) is 2.74. The van der Waals surface area contributed by atoms with E-state index in [4.69, 9.17) is 15.4 Å². The van der Waals surface area contributed by atoms with Crippen LogP contribution in [0.25, 0.3) is 0 Å². The number of methoxy groups -OCH3 is 1. The quantitative estimate of drug-likeness (QED) is 0.554. The Kier molecular flexibility index (Phi) is 7.40. The molecule has 0 aliphatic rings. The molecule has 0 aliphatic carbocycles. The van der Waals surface area contributed by atoms with Crippen LogP contribution in [-0.4, -0.2) is 43.1 Å². The molecule has 2 atom stereocenters. The maximum absolute atomic E-state index is 12.6. The van der Waals surface area contributed by atoms with Crippen LogP contribution in [-0.2, 0) is 4.74 Å². The van der Waals surface area contributed by atoms with Crippen LogP contribution in [0.2, 0.25) is 0 Å². The van der Waals surface area contributed by atoms with Crippen LogP contribution in [0.3, 0.4) is 0 Å². The van der Waals surface area contributed by atoms with Gasteiger partial charge in [0.2, 0.25) is 0 Å². The molecule has 0 saturated heterocycles. The first-order valence-electron chi connectivity index (χ1n) is 8.94. The fraction of sp³-hybridized carbons (Fsp3) is 0.333. The summed E-state index contributed by atoms with van der Waals surface area (Å²) < 4.78 is 10.6. The van der Waals surface area contributed by atoms with Crippen LogP contribution in [0.5, 0.6) is 11.5 Å². The first-order chi connectivity index (χ1) is 13.3. The summed E-state index contributed by atoms with van der Waals surface area (Å²) in [5.74, 6) is 5.70. The maximum atomic E-state index is 12.6. The number of carbonyl (C=O) groups excluding carboxylic acids is 2. The maximum Gasteiger partial charge on any atom is 0.338 e. The summed E-state index contributed by atoms with van der Waals surface area (Å²) in [5.41, 5.74) is 0.977. The predicted molar refractivity (Wildman–Crippen MR) is 105 cm³/mol. The van der Waals surface area contributed by atoms with Gasteiger partial charge >= 0.3 is 5.97 Å². The second kappa shape index (κ2) is 9.75. The normalized spacial score (nSPS) is 12.6. The predicted octanol–water partition coefficient (Wildman–Crippen LogP) is 3.04. The van der Waals surface area contributed by atoms with E-state index in [9.17, 15) is 9.59 Å². The van der Waals surface area contributed by atoms with Gasteiger partial charge in [-0.15, -0.1) is 0 Å². The average molecular weight is 386 g/mol. The van der Waals surface area contributed by atoms with E-state index in [2.05, 4.69) is 4.84 Å². The van der Waals surface area contributed by atoms with Crippen molar-refractivity contribution in [1.29, 1.82) is 0 Å². The molecule has 0 aliphatic heterocycles. The lowest BCUT2D eigenvalue weighted by Gasteiger charge is -2.27. The first-order valence-corrected chi connectivity index (χ1v) is 8.94. The van der Waals surface area contributed by atoms with E-state index in [1.165, 1.54) is 0 Å². The van der Waals surface area contributed by atoms with Crippen LogP contribution >= 0.6 is 0 Å². The van der Waals surface area contributed by atoms with Crippen molar-refractivity contribution in [1.82, 2.24) is 4.90 Å². The van der Waals surface area contributed by atoms with Gasteiger partial charge in [0.1, 0.15) is 17.6 Å². The SMILES string of the molecule is COc1ccc(C(=O)OC(C)CC(C)N(C)C(=O)c2ccc(ON)cc2)cc1. The highest BCUT2D eigenvalue weighted by atomic mass is 16.6. The van der Waals surface area contributed by atoms with E-state index in [1.54, 1.807) is 67.6 Å². The Morgan fingerprint density at radius 3 is 2.04 bits per heavy atom. The molecule has 0 heterocycles. The lowest BCUT2D eigenvalue weighted by Crippen LogP contribution is -2.37. The molecule has 2 N–H and O–H groups in total. The Labute approximate surface area is 164 Å². The lowest BCUT2D eigenvalue weighted by molar-refractivity contribution is 0.0268. The number of nitrogens with zero attached hydrogens (tertiary/aromatic N) is 1. The zero-order valence-corrected chi connectivity index (χ0v) is 16.5. The van der Waals surface area contributed by atoms with Crippen molar-refractivity contribution in [3.63, 3.8) is 0 Å². The van der Waals surface area contributed by atoms with Gasteiger partial charge < -0.3 is 19.2 Å². The minimum absolute atomic E-state index is 0.128. The van der Waals surface area contributed by atoms with Crippen molar-refractivity contribution >= 4 is 11.9 Å². The standard InChI is InChI=1S/C21H26N2O5/c1-14(23(3)20(24)16-5-11-19(28-22)12-6-16)13-15(2)27-21(25)17-7-9-18(26-4)10-8-17/h5-12,14-15H,13,22H2,1-4H3. The van der Waals surface area contributed by atoms with Gasteiger partial charge in [-0.05, 0) is 62.4 Å². The molecule has 0 radical (unpaired) electrons. The molecule has 0 saturated carbocycles. The summed E-state index contributed by atoms with van der Waals surface area (Å²) in [6, 6.07) is 13.2. The summed E-state index contributed by atoms with van der Waals surface area (Å²) in [5, 5.41) is 0. The van der Waals surface area contributed by atoms with Crippen LogP contribution in [0.4, 0.5) is 0 Å². The van der Waals surface area contributed by atoms with Gasteiger partial charge in [0.25, 0.3) is 5.91 Å². The van der Waals surface area contributed by atoms with Gasteiger partial charge in [0.05, 0.1) is 12.7 Å². The second-order valence-electron chi connectivity index (χ2n) is 6.59. The van der Waals surface area contributed by atoms with Crippen molar-refractivity contribution in [3.8, 4) is 11.5 Å². The van der Waals surface area contributed by atoms with Crippen molar-refractivity contribution in [2.75, 3.05) is 14.2 Å². The molecule has 0 spiro atoms. The monoisotopic (exact) mass is 386 g/mol. The molecule has 0 aromatic heterocycles. The van der Waals surface area contributed by atoms with Gasteiger partial charge in [-0.1, -0.05) is 0 Å². The molecule has 7 nitrogen and oxygen atoms in total. The Balaban J connectivity index is 1.91. The van der Waals surface area contributed by atoms with Gasteiger partial charge in [0, 0.05) is 25.1 Å². The number of nitrogens with two attached hydrogens (primary N) is 1. The van der Waals surface area contributed by atoms with Crippen LogP contribution in [0.1, 0.15) is 41.0 Å². The summed E-state index contributed by atoms with van der Waals surface area (Å²) in [4.78, 5) is 31.1. The molecule has 0 bridgehead atoms. The van der Waals surface area contributed by atoms with E-state index >= 15 is 0 Å². The number of hydrogen-bond acceptors (Lipinski definition) is 6. The smallest absolute Gasteiger partial charge is 0.338 e. The van der Waals surface area contributed by atoms with Crippen molar-refractivity contribution in [2.24, 2.45) is 5.90 Å². The van der Waals surface area contributed by atoms with E-state index < -0.39 is 5.97 Å². The molecule has 7 heteroatoms. The zero-order chi connectivity index (χ0) is 20.7. The molecule has 1 amide bonds. The summed E-state index contributed by atoms with van der Waals surface area (Å²) in [6.45, 7) is 3.72. The highest BCUT2D eigenvalue weighted by Gasteiger charge is 2.21. The molecular formula is C21H26N2O5. The number of ether oxygens (including phenoxy) is 2. The number of benzene rings is 2. The third kappa shape index (κ3) is 5.47. The Morgan fingerprint density at radius 2 is 1.50 bits per heavy atom. The highest BCUT2D eigenvalue weighted by Crippen LogP contribution is 2.17. The minimum Gasteiger partial charge on any atom is -0.497 e. The molecule has 150 valence electrons. The van der Waals surface area contributed by atoms with Gasteiger partial charge in [-0.2, -0.15) is 5.90 Å². The van der Waals surface area contributed by atoms with Crippen LogP contribution in [0, 0.1) is 0 Å². The Hall–Kier alpha value is -3.06. The van der Waals surface area contributed by atoms with Crippen molar-refractivity contribution in [2.45, 2.75) is 32.4 Å². The number of hydrogen-bond donors (Lipinski definition) is 1. The zero-order valence-electron chi connectivity index (χ0n) is 16.5. The highest BCUT2D eigenvalue weighted by molar-refractivity contribution is 5.94. The summed E-state index contributed by atoms with van der Waals surface area (Å²) >= 11 is 0. The molecule has 2 aromatic carbocycles. The van der Waals surface area contributed by atoms with E-state index in [1.807, 2.05) is 13.8 Å². The third-order valence-electron chi connectivity index (χ3n) is 4.53. The van der Waals surface area contributed by atoms with E-state index in [0.29, 0.717) is 29.0 Å². The minimum atomic E-state index is -0.409. The van der Waals surface area contributed by atoms with Gasteiger partial charge in [-0.3, -0.25) is 4.79 Å². The first kappa shape index (κ1) is 21.2. The van der Waals surface area contributed by atoms with Gasteiger partial charge in [0.15, 0.2) is 0 Å². The van der Waals surface area contributed by atoms with Gasteiger partial charge in [-0.25, -0.2) is 4.79 Å². The second-order valence-corrected chi connectivity index (χ2v) is 6.59. The molecule has 2 unspecified atom stereocenters. The Bertz CT molecular complexity index is 789. The molecule has 2 aromatic rings. The van der Waals surface area contributed by atoms with E-state index in [0.717, 1.165) is 0 Å². The Morgan fingerprint density at radius 1 is 0.964 bits per heavy atom. The van der Waals surface area contributed by atoms with Crippen LogP contribution < -0.4 is 15.5 Å². The fourth-order valence-corrected chi connectivity index (χ4v) is 2.74. The summed E-state index contributed by atoms with van der Waals surface area (Å²) in [6.07, 6.45) is 0.154. The topological polar surface area (TPSA) is 91.1 Å². The van der Waals surface area contributed by atoms with E-state index in [-0.39, 0.29) is 18.1 Å². The third-order valence-corrected chi connectivity index (χ3v) is 4.53. The van der Waals surface area contributed by atoms with Crippen molar-refractivity contribution < 1.29 is 23.9 Å². The largest absolute Gasteiger partial charge is 0.497 e.